The summed E-state index contributed by atoms with van der Waals surface area (Å²) < 4.78 is 79.0. The van der Waals surface area contributed by atoms with Crippen LogP contribution in [-0.4, -0.2) is 12.4 Å². The highest BCUT2D eigenvalue weighted by atomic mass is 19.4. The summed E-state index contributed by atoms with van der Waals surface area (Å²) in [4.78, 5) is 0. The second-order valence-corrected chi connectivity index (χ2v) is 7.10. The first-order valence-corrected chi connectivity index (χ1v) is 7.40. The third-order valence-corrected chi connectivity index (χ3v) is 5.68. The summed E-state index contributed by atoms with van der Waals surface area (Å²) in [6.07, 6.45) is -8.66. The van der Waals surface area contributed by atoms with Crippen molar-refractivity contribution in [1.29, 1.82) is 0 Å². The van der Waals surface area contributed by atoms with E-state index in [2.05, 4.69) is 0 Å². The van der Waals surface area contributed by atoms with E-state index < -0.39 is 23.7 Å². The van der Waals surface area contributed by atoms with Crippen LogP contribution < -0.4 is 0 Å². The molecule has 21 heavy (non-hydrogen) atoms. The maximum atomic E-state index is 13.2. The smallest absolute Gasteiger partial charge is 0.170 e. The van der Waals surface area contributed by atoms with Crippen LogP contribution in [0.25, 0.3) is 0 Å². The van der Waals surface area contributed by atoms with Gasteiger partial charge in [-0.15, -0.1) is 0 Å². The van der Waals surface area contributed by atoms with Gasteiger partial charge in [-0.3, -0.25) is 0 Å². The predicted molar refractivity (Wildman–Crippen MR) is 69.7 cm³/mol. The van der Waals surface area contributed by atoms with Gasteiger partial charge in [0, 0.05) is 0 Å². The maximum Gasteiger partial charge on any atom is 0.403 e. The zero-order valence-corrected chi connectivity index (χ0v) is 13.0. The highest BCUT2D eigenvalue weighted by molar-refractivity contribution is 4.98. The fourth-order valence-corrected chi connectivity index (χ4v) is 3.34. The van der Waals surface area contributed by atoms with Gasteiger partial charge in [-0.25, -0.2) is 0 Å². The molecule has 0 aromatic heterocycles. The minimum Gasteiger partial charge on any atom is -0.170 e. The molecule has 0 spiro atoms. The van der Waals surface area contributed by atoms with Crippen LogP contribution in [0.5, 0.6) is 0 Å². The second kappa shape index (κ2) is 5.65. The van der Waals surface area contributed by atoms with Gasteiger partial charge in [0.25, 0.3) is 0 Å². The van der Waals surface area contributed by atoms with E-state index in [1.165, 1.54) is 0 Å². The molecule has 1 fully saturated rings. The van der Waals surface area contributed by atoms with Gasteiger partial charge in [-0.2, -0.15) is 26.3 Å². The van der Waals surface area contributed by atoms with Crippen LogP contribution in [0.1, 0.15) is 59.8 Å². The topological polar surface area (TPSA) is 0 Å². The van der Waals surface area contributed by atoms with Crippen molar-refractivity contribution in [2.45, 2.75) is 72.2 Å². The molecule has 0 heterocycles. The molecule has 0 bridgehead atoms. The van der Waals surface area contributed by atoms with Crippen molar-refractivity contribution in [2.24, 2.45) is 22.7 Å². The molecular weight excluding hydrogens is 294 g/mol. The largest absolute Gasteiger partial charge is 0.403 e. The lowest BCUT2D eigenvalue weighted by atomic mass is 9.60. The number of rotatable bonds is 3. The third kappa shape index (κ3) is 3.34. The SMILES string of the molecule is CCC(C)(C)C1CCCC(C(C)(C(F)(F)F)C(F)(F)F)C1. The Balaban J connectivity index is 3.11. The van der Waals surface area contributed by atoms with Gasteiger partial charge in [0.15, 0.2) is 5.41 Å². The van der Waals surface area contributed by atoms with Gasteiger partial charge >= 0.3 is 12.4 Å². The molecule has 0 radical (unpaired) electrons. The molecule has 0 nitrogen and oxygen atoms in total. The minimum absolute atomic E-state index is 0.00361. The Morgan fingerprint density at radius 1 is 0.810 bits per heavy atom. The molecule has 1 saturated carbocycles. The number of halogens is 6. The van der Waals surface area contributed by atoms with Gasteiger partial charge in [-0.1, -0.05) is 33.6 Å². The molecule has 126 valence electrons. The van der Waals surface area contributed by atoms with E-state index in [9.17, 15) is 26.3 Å². The Bertz CT molecular complexity index is 338. The van der Waals surface area contributed by atoms with Gasteiger partial charge < -0.3 is 0 Å². The van der Waals surface area contributed by atoms with Crippen molar-refractivity contribution in [3.05, 3.63) is 0 Å². The summed E-state index contributed by atoms with van der Waals surface area (Å²) >= 11 is 0. The first-order chi connectivity index (χ1) is 9.27. The average molecular weight is 318 g/mol. The second-order valence-electron chi connectivity index (χ2n) is 7.10. The van der Waals surface area contributed by atoms with Crippen LogP contribution in [0.4, 0.5) is 26.3 Å². The number of hydrogen-bond acceptors (Lipinski definition) is 0. The van der Waals surface area contributed by atoms with Crippen LogP contribution >= 0.6 is 0 Å². The van der Waals surface area contributed by atoms with Crippen LogP contribution in [0.2, 0.25) is 0 Å². The first-order valence-electron chi connectivity index (χ1n) is 7.40. The molecule has 0 amide bonds. The van der Waals surface area contributed by atoms with E-state index in [4.69, 9.17) is 0 Å². The zero-order valence-electron chi connectivity index (χ0n) is 13.0. The molecule has 2 atom stereocenters. The molecule has 1 aliphatic carbocycles. The van der Waals surface area contributed by atoms with Crippen molar-refractivity contribution in [3.63, 3.8) is 0 Å². The molecule has 0 N–H and O–H groups in total. The van der Waals surface area contributed by atoms with E-state index in [0.29, 0.717) is 19.8 Å². The van der Waals surface area contributed by atoms with Crippen LogP contribution in [0.3, 0.4) is 0 Å². The van der Waals surface area contributed by atoms with Crippen LogP contribution in [-0.2, 0) is 0 Å². The van der Waals surface area contributed by atoms with Gasteiger partial charge in [-0.05, 0) is 43.4 Å². The molecular formula is C15H24F6. The molecule has 2 unspecified atom stereocenters. The Hall–Kier alpha value is -0.420. The molecule has 0 aliphatic heterocycles. The molecule has 0 aromatic carbocycles. The van der Waals surface area contributed by atoms with Gasteiger partial charge in [0.05, 0.1) is 0 Å². The molecule has 1 rings (SSSR count). The van der Waals surface area contributed by atoms with E-state index in [1.54, 1.807) is 0 Å². The summed E-state index contributed by atoms with van der Waals surface area (Å²) in [5, 5.41) is 0. The van der Waals surface area contributed by atoms with Gasteiger partial charge in [0.1, 0.15) is 0 Å². The normalized spacial score (nSPS) is 26.0. The van der Waals surface area contributed by atoms with Gasteiger partial charge in [0.2, 0.25) is 0 Å². The summed E-state index contributed by atoms with van der Waals surface area (Å²) in [6, 6.07) is 0. The third-order valence-electron chi connectivity index (χ3n) is 5.68. The van der Waals surface area contributed by atoms with Crippen molar-refractivity contribution < 1.29 is 26.3 Å². The quantitative estimate of drug-likeness (QED) is 0.531. The average Bonchev–Trinajstić information content (AvgIpc) is 2.35. The predicted octanol–water partition coefficient (Wildman–Crippen LogP) is 6.36. The number of alkyl halides is 6. The standard InChI is InChI=1S/C15H24F6/c1-5-12(2,3)10-7-6-8-11(9-10)13(4,14(16,17)18)15(19,20)21/h10-11H,5-9H2,1-4H3. The van der Waals surface area contributed by atoms with Crippen molar-refractivity contribution >= 4 is 0 Å². The Morgan fingerprint density at radius 2 is 1.24 bits per heavy atom. The molecule has 1 aliphatic rings. The fraction of sp³-hybridized carbons (Fsp3) is 1.00. The minimum atomic E-state index is -5.27. The Morgan fingerprint density at radius 3 is 1.62 bits per heavy atom. The highest BCUT2D eigenvalue weighted by Gasteiger charge is 2.70. The van der Waals surface area contributed by atoms with E-state index >= 15 is 0 Å². The van der Waals surface area contributed by atoms with Crippen LogP contribution in [0.15, 0.2) is 0 Å². The lowest BCUT2D eigenvalue weighted by Gasteiger charge is -2.47. The monoisotopic (exact) mass is 318 g/mol. The summed E-state index contributed by atoms with van der Waals surface area (Å²) in [7, 11) is 0. The summed E-state index contributed by atoms with van der Waals surface area (Å²) in [5.74, 6) is -1.48. The van der Waals surface area contributed by atoms with Crippen molar-refractivity contribution in [3.8, 4) is 0 Å². The van der Waals surface area contributed by atoms with E-state index in [-0.39, 0.29) is 24.2 Å². The summed E-state index contributed by atoms with van der Waals surface area (Å²) in [5.41, 5.74) is -3.83. The lowest BCUT2D eigenvalue weighted by molar-refractivity contribution is -0.355. The zero-order chi connectivity index (χ0) is 16.7. The molecule has 0 saturated heterocycles. The van der Waals surface area contributed by atoms with E-state index in [0.717, 1.165) is 6.42 Å². The van der Waals surface area contributed by atoms with Crippen molar-refractivity contribution in [2.75, 3.05) is 0 Å². The fourth-order valence-electron chi connectivity index (χ4n) is 3.34. The summed E-state index contributed by atoms with van der Waals surface area (Å²) in [6.45, 7) is 6.12. The molecule has 0 aromatic rings. The van der Waals surface area contributed by atoms with Crippen LogP contribution in [0, 0.1) is 22.7 Å². The lowest BCUT2D eigenvalue weighted by Crippen LogP contribution is -2.54. The van der Waals surface area contributed by atoms with E-state index in [1.807, 2.05) is 20.8 Å². The maximum absolute atomic E-state index is 13.2. The first kappa shape index (κ1) is 18.6. The Kier molecular flexibility index (Phi) is 5.01. The van der Waals surface area contributed by atoms with Crippen molar-refractivity contribution in [1.82, 2.24) is 0 Å². The highest BCUT2D eigenvalue weighted by Crippen LogP contribution is 2.59. The number of hydrogen-bond donors (Lipinski definition) is 0. The Labute approximate surface area is 122 Å². The molecule has 6 heteroatoms.